The van der Waals surface area contributed by atoms with E-state index in [0.717, 1.165) is 15.0 Å². The summed E-state index contributed by atoms with van der Waals surface area (Å²) in [5.41, 5.74) is 4.59. The number of carbonyl (C=O) groups excluding carboxylic acids is 2. The molecule has 0 aliphatic carbocycles. The van der Waals surface area contributed by atoms with Crippen LogP contribution in [0.4, 0.5) is 0 Å². The van der Waals surface area contributed by atoms with E-state index in [-0.39, 0.29) is 23.8 Å². The van der Waals surface area contributed by atoms with Gasteiger partial charge in [-0.2, -0.15) is 0 Å². The van der Waals surface area contributed by atoms with Gasteiger partial charge in [-0.3, -0.25) is 20.4 Å². The van der Waals surface area contributed by atoms with E-state index in [1.165, 1.54) is 17.4 Å². The number of sulfone groups is 1. The number of hydrogen-bond acceptors (Lipinski definition) is 5. The molecule has 138 valence electrons. The molecule has 26 heavy (non-hydrogen) atoms. The Hall–Kier alpha value is -1.90. The lowest BCUT2D eigenvalue weighted by Gasteiger charge is -2.08. The fourth-order valence-electron chi connectivity index (χ4n) is 2.81. The summed E-state index contributed by atoms with van der Waals surface area (Å²) in [4.78, 5) is 24.4. The van der Waals surface area contributed by atoms with Gasteiger partial charge in [-0.15, -0.1) is 11.3 Å². The van der Waals surface area contributed by atoms with Crippen LogP contribution in [0.3, 0.4) is 0 Å². The lowest BCUT2D eigenvalue weighted by molar-refractivity contribution is -0.127. The molecular weight excluding hydrogens is 396 g/mol. The Labute approximate surface area is 160 Å². The first-order valence-electron chi connectivity index (χ1n) is 7.98. The molecule has 1 aliphatic heterocycles. The van der Waals surface area contributed by atoms with Crippen molar-refractivity contribution in [3.05, 3.63) is 40.2 Å². The van der Waals surface area contributed by atoms with Crippen LogP contribution < -0.4 is 10.9 Å². The summed E-state index contributed by atoms with van der Waals surface area (Å²) in [5.74, 6) is -0.946. The third-order valence-electron chi connectivity index (χ3n) is 4.07. The first-order chi connectivity index (χ1) is 12.3. The zero-order valence-corrected chi connectivity index (χ0v) is 16.1. The minimum atomic E-state index is -3.02. The minimum Gasteiger partial charge on any atom is -0.273 e. The predicted octanol–water partition coefficient (Wildman–Crippen LogP) is 2.54. The Morgan fingerprint density at radius 3 is 2.73 bits per heavy atom. The lowest BCUT2D eigenvalue weighted by Crippen LogP contribution is -2.41. The van der Waals surface area contributed by atoms with Crippen LogP contribution >= 0.6 is 22.9 Å². The number of benzene rings is 1. The highest BCUT2D eigenvalue weighted by atomic mass is 35.5. The normalized spacial score (nSPS) is 19.0. The van der Waals surface area contributed by atoms with Gasteiger partial charge in [0.15, 0.2) is 9.84 Å². The Balaban J connectivity index is 1.51. The van der Waals surface area contributed by atoms with Crippen LogP contribution in [0.15, 0.2) is 30.3 Å². The summed E-state index contributed by atoms with van der Waals surface area (Å²) in [6, 6.07) is 7.68. The Bertz CT molecular complexity index is 982. The van der Waals surface area contributed by atoms with Gasteiger partial charge in [0, 0.05) is 27.5 Å². The van der Waals surface area contributed by atoms with Gasteiger partial charge >= 0.3 is 0 Å². The van der Waals surface area contributed by atoms with Crippen LogP contribution in [0.1, 0.15) is 17.7 Å². The van der Waals surface area contributed by atoms with Crippen molar-refractivity contribution in [1.29, 1.82) is 0 Å². The van der Waals surface area contributed by atoms with Crippen molar-refractivity contribution >= 4 is 60.8 Å². The quantitative estimate of drug-likeness (QED) is 0.596. The molecule has 0 radical (unpaired) electrons. The van der Waals surface area contributed by atoms with Crippen molar-refractivity contribution in [2.75, 3.05) is 11.5 Å². The van der Waals surface area contributed by atoms with Gasteiger partial charge < -0.3 is 0 Å². The number of nitrogens with one attached hydrogen (secondary N) is 2. The molecule has 1 aromatic carbocycles. The average molecular weight is 413 g/mol. The second kappa shape index (κ2) is 7.77. The fourth-order valence-corrected chi connectivity index (χ4v) is 6.07. The molecule has 0 unspecified atom stereocenters. The number of hydrogen-bond donors (Lipinski definition) is 2. The maximum atomic E-state index is 11.8. The van der Waals surface area contributed by atoms with E-state index in [9.17, 15) is 18.0 Å². The zero-order valence-electron chi connectivity index (χ0n) is 13.7. The maximum Gasteiger partial charge on any atom is 0.262 e. The van der Waals surface area contributed by atoms with Crippen LogP contribution in [-0.4, -0.2) is 31.7 Å². The molecule has 9 heteroatoms. The molecule has 2 heterocycles. The van der Waals surface area contributed by atoms with E-state index < -0.39 is 21.7 Å². The van der Waals surface area contributed by atoms with E-state index in [1.807, 2.05) is 24.3 Å². The molecule has 2 amide bonds. The van der Waals surface area contributed by atoms with Crippen molar-refractivity contribution in [2.45, 2.75) is 12.8 Å². The van der Waals surface area contributed by atoms with E-state index >= 15 is 0 Å². The predicted molar refractivity (Wildman–Crippen MR) is 104 cm³/mol. The topological polar surface area (TPSA) is 92.3 Å². The van der Waals surface area contributed by atoms with Gasteiger partial charge in [0.2, 0.25) is 5.91 Å². The molecule has 1 aromatic heterocycles. The van der Waals surface area contributed by atoms with Crippen molar-refractivity contribution in [3.8, 4) is 0 Å². The van der Waals surface area contributed by atoms with E-state index in [2.05, 4.69) is 10.9 Å². The third-order valence-corrected chi connectivity index (χ3v) is 7.56. The standard InChI is InChI=1S/C17H17ClN2O4S2/c18-17-12-3-1-2-4-13(12)25-14(17)5-6-15(21)19-20-16(22)9-11-7-8-26(23,24)10-11/h1-6,11H,7-10H2,(H,19,21)(H,20,22)/b6-5+/t11-/m1/s1. The van der Waals surface area contributed by atoms with E-state index in [0.29, 0.717) is 11.4 Å². The number of thiophene rings is 1. The van der Waals surface area contributed by atoms with Crippen molar-refractivity contribution in [1.82, 2.24) is 10.9 Å². The fraction of sp³-hybridized carbons (Fsp3) is 0.294. The number of carbonyl (C=O) groups is 2. The summed E-state index contributed by atoms with van der Waals surface area (Å²) in [6.07, 6.45) is 3.44. The van der Waals surface area contributed by atoms with Crippen molar-refractivity contribution in [2.24, 2.45) is 5.92 Å². The Morgan fingerprint density at radius 2 is 2.04 bits per heavy atom. The van der Waals surface area contributed by atoms with E-state index in [1.54, 1.807) is 6.08 Å². The minimum absolute atomic E-state index is 0.0265. The second-order valence-electron chi connectivity index (χ2n) is 6.12. The Kier molecular flexibility index (Phi) is 5.64. The van der Waals surface area contributed by atoms with Crippen LogP contribution in [0.25, 0.3) is 16.2 Å². The number of hydrazine groups is 1. The van der Waals surface area contributed by atoms with Crippen LogP contribution in [0.5, 0.6) is 0 Å². The van der Waals surface area contributed by atoms with E-state index in [4.69, 9.17) is 11.6 Å². The highest BCUT2D eigenvalue weighted by Crippen LogP contribution is 2.35. The summed E-state index contributed by atoms with van der Waals surface area (Å²) in [5, 5.41) is 1.51. The molecule has 0 saturated carbocycles. The number of rotatable bonds is 4. The molecule has 0 bridgehead atoms. The van der Waals surface area contributed by atoms with Crippen molar-refractivity contribution in [3.63, 3.8) is 0 Å². The van der Waals surface area contributed by atoms with Gasteiger partial charge in [-0.1, -0.05) is 29.8 Å². The van der Waals surface area contributed by atoms with Gasteiger partial charge in [0.25, 0.3) is 5.91 Å². The van der Waals surface area contributed by atoms with Crippen LogP contribution in [0, 0.1) is 5.92 Å². The van der Waals surface area contributed by atoms with Crippen molar-refractivity contribution < 1.29 is 18.0 Å². The number of amides is 2. The Morgan fingerprint density at radius 1 is 1.27 bits per heavy atom. The summed E-state index contributed by atoms with van der Waals surface area (Å²) in [6.45, 7) is 0. The molecule has 1 aliphatic rings. The molecule has 3 rings (SSSR count). The van der Waals surface area contributed by atoms with Gasteiger partial charge in [-0.25, -0.2) is 8.42 Å². The molecule has 0 spiro atoms. The summed E-state index contributed by atoms with van der Waals surface area (Å²) in [7, 11) is -3.02. The molecule has 1 saturated heterocycles. The molecule has 6 nitrogen and oxygen atoms in total. The first-order valence-corrected chi connectivity index (χ1v) is 11.0. The second-order valence-corrected chi connectivity index (χ2v) is 9.81. The monoisotopic (exact) mass is 412 g/mol. The van der Waals surface area contributed by atoms with Gasteiger partial charge in [0.05, 0.1) is 16.5 Å². The first kappa shape index (κ1) is 18.9. The summed E-state index contributed by atoms with van der Waals surface area (Å²) < 4.78 is 23.8. The largest absolute Gasteiger partial charge is 0.273 e. The number of halogens is 1. The molecular formula is C17H17ClN2O4S2. The van der Waals surface area contributed by atoms with Gasteiger partial charge in [-0.05, 0) is 24.5 Å². The smallest absolute Gasteiger partial charge is 0.262 e. The third kappa shape index (κ3) is 4.63. The molecule has 2 N–H and O–H groups in total. The van der Waals surface area contributed by atoms with Crippen LogP contribution in [0.2, 0.25) is 5.02 Å². The highest BCUT2D eigenvalue weighted by Gasteiger charge is 2.29. The highest BCUT2D eigenvalue weighted by molar-refractivity contribution is 7.91. The summed E-state index contributed by atoms with van der Waals surface area (Å²) >= 11 is 7.76. The van der Waals surface area contributed by atoms with Crippen LogP contribution in [-0.2, 0) is 19.4 Å². The lowest BCUT2D eigenvalue weighted by atomic mass is 10.1. The maximum absolute atomic E-state index is 11.8. The SMILES string of the molecule is O=C(/C=C/c1sc2ccccc2c1Cl)NNC(=O)C[C@H]1CCS(=O)(=O)C1. The van der Waals surface area contributed by atoms with Gasteiger partial charge in [0.1, 0.15) is 0 Å². The molecule has 2 aromatic rings. The zero-order chi connectivity index (χ0) is 18.7. The molecule has 1 atom stereocenters. The molecule has 1 fully saturated rings. The number of fused-ring (bicyclic) bond motifs is 1. The average Bonchev–Trinajstić information content (AvgIpc) is 3.10.